The molecule has 0 aliphatic heterocycles. The first kappa shape index (κ1) is 13.0. The molecule has 1 aliphatic rings. The molecule has 1 aromatic heterocycles. The van der Waals surface area contributed by atoms with Gasteiger partial charge in [0.2, 0.25) is 0 Å². The van der Waals surface area contributed by atoms with E-state index in [1.54, 1.807) is 11.3 Å². The summed E-state index contributed by atoms with van der Waals surface area (Å²) < 4.78 is 5.77. The lowest BCUT2D eigenvalue weighted by Gasteiger charge is -2.17. The third-order valence-electron chi connectivity index (χ3n) is 2.91. The monoisotopic (exact) mass is 254 g/mol. The summed E-state index contributed by atoms with van der Waals surface area (Å²) in [4.78, 5) is 5.83. The van der Waals surface area contributed by atoms with Crippen molar-refractivity contribution < 1.29 is 4.74 Å². The average molecular weight is 254 g/mol. The van der Waals surface area contributed by atoms with Crippen molar-refractivity contribution in [2.24, 2.45) is 5.92 Å². The molecule has 1 N–H and O–H groups in total. The van der Waals surface area contributed by atoms with Crippen molar-refractivity contribution in [2.45, 2.75) is 52.3 Å². The van der Waals surface area contributed by atoms with Gasteiger partial charge in [0, 0.05) is 30.3 Å². The molecule has 1 aliphatic carbocycles. The van der Waals surface area contributed by atoms with Crippen LogP contribution in [-0.2, 0) is 11.3 Å². The first-order chi connectivity index (χ1) is 8.20. The van der Waals surface area contributed by atoms with E-state index >= 15 is 0 Å². The molecule has 0 amide bonds. The second kappa shape index (κ2) is 5.94. The molecular formula is C13H22N2OS. The van der Waals surface area contributed by atoms with E-state index in [9.17, 15) is 0 Å². The van der Waals surface area contributed by atoms with Gasteiger partial charge in [0.15, 0.2) is 0 Å². The summed E-state index contributed by atoms with van der Waals surface area (Å²) in [6.07, 6.45) is 4.81. The summed E-state index contributed by atoms with van der Waals surface area (Å²) in [6, 6.07) is 0.758. The minimum Gasteiger partial charge on any atom is -0.371 e. The Morgan fingerprint density at radius 3 is 2.88 bits per heavy atom. The summed E-state index contributed by atoms with van der Waals surface area (Å²) in [5.74, 6) is 0.477. The number of hydrogen-bond donors (Lipinski definition) is 1. The van der Waals surface area contributed by atoms with Crippen molar-refractivity contribution in [3.63, 3.8) is 0 Å². The molecule has 0 saturated heterocycles. The lowest BCUT2D eigenvalue weighted by atomic mass is 10.1. The molecule has 17 heavy (non-hydrogen) atoms. The Labute approximate surface area is 108 Å². The topological polar surface area (TPSA) is 34.1 Å². The van der Waals surface area contributed by atoms with Crippen LogP contribution in [0.15, 0.2) is 6.20 Å². The Morgan fingerprint density at radius 2 is 2.29 bits per heavy atom. The van der Waals surface area contributed by atoms with E-state index in [0.29, 0.717) is 5.92 Å². The zero-order chi connectivity index (χ0) is 12.3. The number of nitrogens with zero attached hydrogens (tertiary/aromatic N) is 1. The van der Waals surface area contributed by atoms with Crippen molar-refractivity contribution in [1.29, 1.82) is 0 Å². The highest BCUT2D eigenvalue weighted by Gasteiger charge is 2.22. The van der Waals surface area contributed by atoms with Gasteiger partial charge in [-0.1, -0.05) is 13.8 Å². The predicted octanol–water partition coefficient (Wildman–Crippen LogP) is 3.13. The fourth-order valence-corrected chi connectivity index (χ4v) is 2.89. The van der Waals surface area contributed by atoms with Crippen LogP contribution in [0.4, 0.5) is 0 Å². The first-order valence-corrected chi connectivity index (χ1v) is 7.32. The van der Waals surface area contributed by atoms with Crippen LogP contribution in [-0.4, -0.2) is 17.6 Å². The normalized spacial score (nSPS) is 17.6. The maximum Gasteiger partial charge on any atom is 0.122 e. The van der Waals surface area contributed by atoms with E-state index in [4.69, 9.17) is 4.74 Å². The number of nitrogens with one attached hydrogen (secondary N) is 1. The van der Waals surface area contributed by atoms with Gasteiger partial charge >= 0.3 is 0 Å². The minimum absolute atomic E-state index is 0.152. The molecule has 2 rings (SSSR count). The highest BCUT2D eigenvalue weighted by molar-refractivity contribution is 7.11. The molecular weight excluding hydrogens is 232 g/mol. The Hall–Kier alpha value is -0.450. The van der Waals surface area contributed by atoms with E-state index in [1.807, 2.05) is 13.1 Å². The lowest BCUT2D eigenvalue weighted by molar-refractivity contribution is 0.0293. The zero-order valence-corrected chi connectivity index (χ0v) is 11.7. The second-order valence-corrected chi connectivity index (χ2v) is 6.09. The number of hydrogen-bond acceptors (Lipinski definition) is 4. The summed E-state index contributed by atoms with van der Waals surface area (Å²) in [5.41, 5.74) is 0. The van der Waals surface area contributed by atoms with Crippen molar-refractivity contribution in [2.75, 3.05) is 6.61 Å². The van der Waals surface area contributed by atoms with Gasteiger partial charge in [-0.3, -0.25) is 0 Å². The van der Waals surface area contributed by atoms with E-state index in [2.05, 4.69) is 24.1 Å². The van der Waals surface area contributed by atoms with Crippen LogP contribution in [0.3, 0.4) is 0 Å². The number of rotatable bonds is 7. The van der Waals surface area contributed by atoms with Crippen molar-refractivity contribution >= 4 is 11.3 Å². The van der Waals surface area contributed by atoms with Crippen LogP contribution in [0.1, 0.15) is 49.6 Å². The van der Waals surface area contributed by atoms with Crippen LogP contribution in [0.5, 0.6) is 0 Å². The fraction of sp³-hybridized carbons (Fsp3) is 0.769. The van der Waals surface area contributed by atoms with Gasteiger partial charge in [0.05, 0.1) is 0 Å². The molecule has 4 heteroatoms. The summed E-state index contributed by atoms with van der Waals surface area (Å²) >= 11 is 1.78. The van der Waals surface area contributed by atoms with Crippen LogP contribution in [0.25, 0.3) is 0 Å². The fourth-order valence-electron chi connectivity index (χ4n) is 1.80. The second-order valence-electron chi connectivity index (χ2n) is 4.94. The van der Waals surface area contributed by atoms with Crippen LogP contribution in [0.2, 0.25) is 0 Å². The molecule has 3 nitrogen and oxygen atoms in total. The molecule has 1 unspecified atom stereocenters. The summed E-state index contributed by atoms with van der Waals surface area (Å²) in [7, 11) is 0. The van der Waals surface area contributed by atoms with Crippen LogP contribution < -0.4 is 5.32 Å². The molecule has 0 bridgehead atoms. The molecule has 1 fully saturated rings. The van der Waals surface area contributed by atoms with Gasteiger partial charge in [-0.15, -0.1) is 11.3 Å². The maximum absolute atomic E-state index is 5.77. The third kappa shape index (κ3) is 3.76. The average Bonchev–Trinajstić information content (AvgIpc) is 3.01. The third-order valence-corrected chi connectivity index (χ3v) is 3.97. The Kier molecular flexibility index (Phi) is 4.54. The smallest absolute Gasteiger partial charge is 0.122 e. The van der Waals surface area contributed by atoms with Crippen LogP contribution >= 0.6 is 11.3 Å². The summed E-state index contributed by atoms with van der Waals surface area (Å²) in [6.45, 7) is 8.11. The summed E-state index contributed by atoms with van der Waals surface area (Å²) in [5, 5.41) is 4.64. The van der Waals surface area contributed by atoms with Gasteiger partial charge < -0.3 is 10.1 Å². The highest BCUT2D eigenvalue weighted by atomic mass is 32.1. The molecule has 96 valence electrons. The predicted molar refractivity (Wildman–Crippen MR) is 71.2 cm³/mol. The van der Waals surface area contributed by atoms with E-state index < -0.39 is 0 Å². The van der Waals surface area contributed by atoms with E-state index in [1.165, 1.54) is 17.7 Å². The molecule has 1 atom stereocenters. The molecule has 0 aromatic carbocycles. The van der Waals surface area contributed by atoms with Crippen molar-refractivity contribution in [1.82, 2.24) is 10.3 Å². The quantitative estimate of drug-likeness (QED) is 0.811. The SMILES string of the molecule is CCOC(c1ncc(CNC2CC2)s1)C(C)C. The molecule has 1 heterocycles. The minimum atomic E-state index is 0.152. The Morgan fingerprint density at radius 1 is 1.53 bits per heavy atom. The molecule has 0 spiro atoms. The standard InChI is InChI=1S/C13H22N2OS/c1-4-16-12(9(2)3)13-15-8-11(17-13)7-14-10-5-6-10/h8-10,12,14H,4-7H2,1-3H3. The van der Waals surface area contributed by atoms with Gasteiger partial charge in [-0.2, -0.15) is 0 Å². The number of aromatic nitrogens is 1. The van der Waals surface area contributed by atoms with Crippen LogP contribution in [0, 0.1) is 5.92 Å². The zero-order valence-electron chi connectivity index (χ0n) is 10.9. The van der Waals surface area contributed by atoms with Gasteiger partial charge in [0.1, 0.15) is 11.1 Å². The van der Waals surface area contributed by atoms with Gasteiger partial charge in [-0.25, -0.2) is 4.98 Å². The Balaban J connectivity index is 1.93. The highest BCUT2D eigenvalue weighted by Crippen LogP contribution is 2.29. The van der Waals surface area contributed by atoms with Gasteiger partial charge in [0.25, 0.3) is 0 Å². The van der Waals surface area contributed by atoms with E-state index in [-0.39, 0.29) is 6.10 Å². The molecule has 1 aromatic rings. The Bertz CT molecular complexity index is 347. The van der Waals surface area contributed by atoms with Crippen molar-refractivity contribution in [3.05, 3.63) is 16.1 Å². The number of ether oxygens (including phenoxy) is 1. The molecule has 0 radical (unpaired) electrons. The van der Waals surface area contributed by atoms with Gasteiger partial charge in [-0.05, 0) is 25.7 Å². The molecule has 1 saturated carbocycles. The first-order valence-electron chi connectivity index (χ1n) is 6.50. The largest absolute Gasteiger partial charge is 0.371 e. The van der Waals surface area contributed by atoms with Crippen molar-refractivity contribution in [3.8, 4) is 0 Å². The number of thiazole rings is 1. The van der Waals surface area contributed by atoms with E-state index in [0.717, 1.165) is 24.2 Å². The maximum atomic E-state index is 5.77. The lowest BCUT2D eigenvalue weighted by Crippen LogP contribution is -2.14.